The highest BCUT2D eigenvalue weighted by atomic mass is 16.2. The van der Waals surface area contributed by atoms with Gasteiger partial charge in [0.1, 0.15) is 0 Å². The fourth-order valence-electron chi connectivity index (χ4n) is 1.47. The number of carbonyl (C=O) groups is 1. The molecule has 0 bridgehead atoms. The zero-order valence-electron chi connectivity index (χ0n) is 9.90. The minimum atomic E-state index is -0.459. The molecule has 0 aromatic carbocycles. The van der Waals surface area contributed by atoms with Crippen LogP contribution < -0.4 is 10.6 Å². The fourth-order valence-corrected chi connectivity index (χ4v) is 1.47. The molecule has 0 saturated heterocycles. The molecular weight excluding hydrogens is 176 g/mol. The van der Waals surface area contributed by atoms with Crippen LogP contribution >= 0.6 is 0 Å². The van der Waals surface area contributed by atoms with Gasteiger partial charge >= 0.3 is 0 Å². The Morgan fingerprint density at radius 3 is 2.36 bits per heavy atom. The van der Waals surface area contributed by atoms with Gasteiger partial charge in [0.15, 0.2) is 0 Å². The van der Waals surface area contributed by atoms with E-state index < -0.39 is 5.54 Å². The van der Waals surface area contributed by atoms with Crippen molar-refractivity contribution < 1.29 is 4.79 Å². The first-order valence-electron chi connectivity index (χ1n) is 5.27. The van der Waals surface area contributed by atoms with Crippen molar-refractivity contribution in [2.45, 2.75) is 39.7 Å². The molecule has 1 saturated carbocycles. The summed E-state index contributed by atoms with van der Waals surface area (Å²) in [7, 11) is 1.81. The molecule has 0 heterocycles. The first-order chi connectivity index (χ1) is 6.29. The number of amides is 1. The van der Waals surface area contributed by atoms with E-state index in [9.17, 15) is 4.79 Å². The number of hydrogen-bond acceptors (Lipinski definition) is 2. The maximum absolute atomic E-state index is 11.7. The molecular formula is C11H22N2O. The van der Waals surface area contributed by atoms with Crippen LogP contribution in [0.5, 0.6) is 0 Å². The summed E-state index contributed by atoms with van der Waals surface area (Å²) in [5, 5.41) is 5.98. The first-order valence-corrected chi connectivity index (χ1v) is 5.27. The fraction of sp³-hybridized carbons (Fsp3) is 0.909. The zero-order chi connectivity index (χ0) is 11.0. The van der Waals surface area contributed by atoms with Crippen molar-refractivity contribution in [3.63, 3.8) is 0 Å². The molecule has 14 heavy (non-hydrogen) atoms. The van der Waals surface area contributed by atoms with Gasteiger partial charge in [-0.05, 0) is 38.6 Å². The van der Waals surface area contributed by atoms with Gasteiger partial charge in [-0.2, -0.15) is 0 Å². The van der Waals surface area contributed by atoms with Crippen LogP contribution in [0.4, 0.5) is 0 Å². The third kappa shape index (κ3) is 2.47. The topological polar surface area (TPSA) is 41.1 Å². The number of rotatable bonds is 4. The molecule has 1 unspecified atom stereocenters. The Balaban J connectivity index is 2.29. The molecule has 1 aliphatic rings. The molecule has 0 aromatic rings. The molecule has 0 aliphatic heterocycles. The Hall–Kier alpha value is -0.570. The summed E-state index contributed by atoms with van der Waals surface area (Å²) in [6.07, 6.45) is 1.23. The zero-order valence-corrected chi connectivity index (χ0v) is 9.90. The molecule has 1 atom stereocenters. The summed E-state index contributed by atoms with van der Waals surface area (Å²) in [5.74, 6) is 0.752. The third-order valence-corrected chi connectivity index (χ3v) is 3.42. The largest absolute Gasteiger partial charge is 0.354 e. The van der Waals surface area contributed by atoms with Crippen LogP contribution in [0.2, 0.25) is 0 Å². The van der Waals surface area contributed by atoms with E-state index in [0.717, 1.165) is 6.54 Å². The molecule has 0 aromatic heterocycles. The van der Waals surface area contributed by atoms with E-state index in [2.05, 4.69) is 24.5 Å². The van der Waals surface area contributed by atoms with Crippen molar-refractivity contribution in [2.75, 3.05) is 13.6 Å². The Morgan fingerprint density at radius 2 is 2.00 bits per heavy atom. The third-order valence-electron chi connectivity index (χ3n) is 3.42. The minimum absolute atomic E-state index is 0.0858. The lowest BCUT2D eigenvalue weighted by Gasteiger charge is -2.22. The summed E-state index contributed by atoms with van der Waals surface area (Å²) in [4.78, 5) is 11.7. The van der Waals surface area contributed by atoms with Gasteiger partial charge in [0.2, 0.25) is 5.91 Å². The van der Waals surface area contributed by atoms with E-state index in [1.807, 2.05) is 13.8 Å². The number of hydrogen-bond donors (Lipinski definition) is 2. The van der Waals surface area contributed by atoms with Crippen molar-refractivity contribution in [1.29, 1.82) is 0 Å². The molecule has 0 radical (unpaired) electrons. The molecule has 0 spiro atoms. The van der Waals surface area contributed by atoms with Gasteiger partial charge in [0.05, 0.1) is 5.54 Å². The van der Waals surface area contributed by atoms with Crippen LogP contribution in [0.1, 0.15) is 34.1 Å². The first kappa shape index (κ1) is 11.5. The Bertz CT molecular complexity index is 233. The van der Waals surface area contributed by atoms with Crippen LogP contribution in [-0.4, -0.2) is 25.0 Å². The molecule has 1 rings (SSSR count). The van der Waals surface area contributed by atoms with Crippen LogP contribution in [0.25, 0.3) is 0 Å². The maximum Gasteiger partial charge on any atom is 0.239 e. The Kier molecular flexibility index (Phi) is 2.91. The Morgan fingerprint density at radius 1 is 1.50 bits per heavy atom. The van der Waals surface area contributed by atoms with E-state index in [-0.39, 0.29) is 5.91 Å². The van der Waals surface area contributed by atoms with E-state index in [0.29, 0.717) is 11.3 Å². The Labute approximate surface area is 86.6 Å². The van der Waals surface area contributed by atoms with Gasteiger partial charge in [-0.3, -0.25) is 4.79 Å². The smallest absolute Gasteiger partial charge is 0.239 e. The molecule has 1 aliphatic carbocycles. The summed E-state index contributed by atoms with van der Waals surface area (Å²) in [5.41, 5.74) is -0.0178. The van der Waals surface area contributed by atoms with Crippen molar-refractivity contribution in [2.24, 2.45) is 11.3 Å². The van der Waals surface area contributed by atoms with Crippen molar-refractivity contribution in [1.82, 2.24) is 10.6 Å². The summed E-state index contributed by atoms with van der Waals surface area (Å²) in [6.45, 7) is 9.08. The van der Waals surface area contributed by atoms with Gasteiger partial charge < -0.3 is 10.6 Å². The monoisotopic (exact) mass is 198 g/mol. The quantitative estimate of drug-likeness (QED) is 0.711. The molecule has 82 valence electrons. The lowest BCUT2D eigenvalue weighted by atomic mass is 10.0. The van der Waals surface area contributed by atoms with Gasteiger partial charge in [-0.25, -0.2) is 0 Å². The average molecular weight is 198 g/mol. The standard InChI is InChI=1S/C11H22N2O/c1-10(2)6-8(10)7-13-9(14)11(3,4)12-5/h8,12H,6-7H2,1-5H3,(H,13,14). The normalized spacial score (nSPS) is 24.5. The van der Waals surface area contributed by atoms with Crippen molar-refractivity contribution >= 4 is 5.91 Å². The van der Waals surface area contributed by atoms with Gasteiger partial charge in [-0.1, -0.05) is 13.8 Å². The molecule has 1 fully saturated rings. The SMILES string of the molecule is CNC(C)(C)C(=O)NCC1CC1(C)C. The van der Waals surface area contributed by atoms with Crippen molar-refractivity contribution in [3.8, 4) is 0 Å². The van der Waals surface area contributed by atoms with Crippen molar-refractivity contribution in [3.05, 3.63) is 0 Å². The number of nitrogens with one attached hydrogen (secondary N) is 2. The van der Waals surface area contributed by atoms with Crippen LogP contribution in [0.3, 0.4) is 0 Å². The van der Waals surface area contributed by atoms with E-state index in [1.54, 1.807) is 7.05 Å². The number of likely N-dealkylation sites (N-methyl/N-ethyl adjacent to an activating group) is 1. The summed E-state index contributed by atoms with van der Waals surface area (Å²) >= 11 is 0. The van der Waals surface area contributed by atoms with E-state index in [1.165, 1.54) is 6.42 Å². The molecule has 1 amide bonds. The summed E-state index contributed by atoms with van der Waals surface area (Å²) < 4.78 is 0. The van der Waals surface area contributed by atoms with E-state index >= 15 is 0 Å². The van der Waals surface area contributed by atoms with Gasteiger partial charge in [0, 0.05) is 6.54 Å². The van der Waals surface area contributed by atoms with Crippen LogP contribution in [0, 0.1) is 11.3 Å². The second kappa shape index (κ2) is 3.54. The highest BCUT2D eigenvalue weighted by Crippen LogP contribution is 2.50. The average Bonchev–Trinajstić information content (AvgIpc) is 2.70. The highest BCUT2D eigenvalue weighted by Gasteiger charge is 2.45. The second-order valence-corrected chi connectivity index (χ2v) is 5.47. The van der Waals surface area contributed by atoms with Crippen LogP contribution in [-0.2, 0) is 4.79 Å². The van der Waals surface area contributed by atoms with Gasteiger partial charge in [0.25, 0.3) is 0 Å². The lowest BCUT2D eigenvalue weighted by molar-refractivity contribution is -0.126. The number of carbonyl (C=O) groups excluding carboxylic acids is 1. The molecule has 2 N–H and O–H groups in total. The van der Waals surface area contributed by atoms with Gasteiger partial charge in [-0.15, -0.1) is 0 Å². The predicted molar refractivity (Wildman–Crippen MR) is 58.0 cm³/mol. The second-order valence-electron chi connectivity index (χ2n) is 5.47. The lowest BCUT2D eigenvalue weighted by Crippen LogP contribution is -2.51. The van der Waals surface area contributed by atoms with Crippen LogP contribution in [0.15, 0.2) is 0 Å². The molecule has 3 heteroatoms. The highest BCUT2D eigenvalue weighted by molar-refractivity contribution is 5.85. The molecule has 3 nitrogen and oxygen atoms in total. The predicted octanol–water partition coefficient (Wildman–Crippen LogP) is 1.15. The maximum atomic E-state index is 11.7. The summed E-state index contributed by atoms with van der Waals surface area (Å²) in [6, 6.07) is 0. The minimum Gasteiger partial charge on any atom is -0.354 e. The van der Waals surface area contributed by atoms with E-state index in [4.69, 9.17) is 0 Å².